The van der Waals surface area contributed by atoms with Gasteiger partial charge in [-0.25, -0.2) is 0 Å². The number of hydrogen-bond acceptors (Lipinski definition) is 3. The quantitative estimate of drug-likeness (QED) is 0.482. The van der Waals surface area contributed by atoms with Crippen molar-refractivity contribution in [2.24, 2.45) is 0 Å². The van der Waals surface area contributed by atoms with Crippen LogP contribution in [0.4, 0.5) is 0 Å². The Morgan fingerprint density at radius 1 is 1.26 bits per heavy atom. The minimum atomic E-state index is -0.248. The lowest BCUT2D eigenvalue weighted by atomic mass is 9.72. The van der Waals surface area contributed by atoms with Gasteiger partial charge in [0.25, 0.3) is 5.03 Å². The molecule has 1 saturated carbocycles. The Hall–Kier alpha value is -1.53. The predicted molar refractivity (Wildman–Crippen MR) is 93.9 cm³/mol. The summed E-state index contributed by atoms with van der Waals surface area (Å²) in [4.78, 5) is 12.3. The van der Waals surface area contributed by atoms with E-state index in [1.807, 2.05) is 12.1 Å². The highest BCUT2D eigenvalue weighted by Crippen LogP contribution is 2.41. The fourth-order valence-corrected chi connectivity index (χ4v) is 3.73. The van der Waals surface area contributed by atoms with E-state index in [-0.39, 0.29) is 17.2 Å². The van der Waals surface area contributed by atoms with Crippen LogP contribution in [0.2, 0.25) is 0 Å². The molecule has 1 heterocycles. The summed E-state index contributed by atoms with van der Waals surface area (Å²) < 4.78 is 1.81. The number of carbonyl (C=O) groups is 1. The number of nitrogens with one attached hydrogen (secondary N) is 1. The molecule has 4 nitrogen and oxygen atoms in total. The molecule has 0 radical (unpaired) electrons. The normalized spacial score (nSPS) is 15.7. The zero-order valence-corrected chi connectivity index (χ0v) is 14.9. The van der Waals surface area contributed by atoms with Gasteiger partial charge in [-0.1, -0.05) is 28.1 Å². The van der Waals surface area contributed by atoms with Gasteiger partial charge in [-0.15, -0.1) is 0 Å². The van der Waals surface area contributed by atoms with Gasteiger partial charge in [-0.3, -0.25) is 4.79 Å². The lowest BCUT2D eigenvalue weighted by molar-refractivity contribution is -0.645. The Morgan fingerprint density at radius 3 is 2.61 bits per heavy atom. The fraction of sp³-hybridized carbons (Fsp3) is 0.294. The third-order valence-electron chi connectivity index (χ3n) is 4.12. The summed E-state index contributed by atoms with van der Waals surface area (Å²) in [6.45, 7) is 0. The van der Waals surface area contributed by atoms with Crippen LogP contribution in [-0.2, 0) is 10.3 Å². The number of benzene rings is 1. The SMILES string of the molecule is O=C(CSc1cccc[n+]1[O-])NC1(c2ccc(Br)cc2)CCC1. The molecule has 1 aliphatic carbocycles. The number of hydrogen-bond donors (Lipinski definition) is 1. The molecule has 1 amide bonds. The maximum Gasteiger partial charge on any atom is 0.251 e. The molecule has 120 valence electrons. The van der Waals surface area contributed by atoms with E-state index in [9.17, 15) is 10.0 Å². The molecule has 1 fully saturated rings. The van der Waals surface area contributed by atoms with Crippen molar-refractivity contribution in [3.05, 3.63) is 63.9 Å². The van der Waals surface area contributed by atoms with Gasteiger partial charge >= 0.3 is 0 Å². The molecule has 0 bridgehead atoms. The van der Waals surface area contributed by atoms with Gasteiger partial charge < -0.3 is 10.5 Å². The lowest BCUT2D eigenvalue weighted by Gasteiger charge is -2.43. The molecule has 23 heavy (non-hydrogen) atoms. The molecule has 2 aromatic rings. The monoisotopic (exact) mass is 392 g/mol. The Morgan fingerprint density at radius 2 is 2.00 bits per heavy atom. The van der Waals surface area contributed by atoms with Crippen LogP contribution in [-0.4, -0.2) is 11.7 Å². The van der Waals surface area contributed by atoms with Gasteiger partial charge in [0.2, 0.25) is 5.91 Å². The summed E-state index contributed by atoms with van der Waals surface area (Å²) in [5.41, 5.74) is 0.895. The average molecular weight is 393 g/mol. The molecule has 1 aromatic heterocycles. The van der Waals surface area contributed by atoms with Crippen molar-refractivity contribution in [1.29, 1.82) is 0 Å². The van der Waals surface area contributed by atoms with Crippen LogP contribution < -0.4 is 10.0 Å². The first-order valence-electron chi connectivity index (χ1n) is 7.47. The van der Waals surface area contributed by atoms with E-state index in [1.54, 1.807) is 18.2 Å². The van der Waals surface area contributed by atoms with Crippen LogP contribution in [0.25, 0.3) is 0 Å². The third kappa shape index (κ3) is 3.70. The summed E-state index contributed by atoms with van der Waals surface area (Å²) in [7, 11) is 0. The largest absolute Gasteiger partial charge is 0.618 e. The first-order chi connectivity index (χ1) is 11.1. The Kier molecular flexibility index (Phi) is 4.92. The van der Waals surface area contributed by atoms with Gasteiger partial charge in [0.05, 0.1) is 11.3 Å². The maximum atomic E-state index is 12.3. The number of thioether (sulfide) groups is 1. The van der Waals surface area contributed by atoms with Crippen molar-refractivity contribution >= 4 is 33.6 Å². The van der Waals surface area contributed by atoms with E-state index >= 15 is 0 Å². The number of carbonyl (C=O) groups excluding carboxylic acids is 1. The molecule has 0 saturated heterocycles. The van der Waals surface area contributed by atoms with Crippen molar-refractivity contribution in [3.63, 3.8) is 0 Å². The molecule has 1 N–H and O–H groups in total. The van der Waals surface area contributed by atoms with E-state index in [0.717, 1.165) is 34.0 Å². The van der Waals surface area contributed by atoms with Crippen molar-refractivity contribution in [3.8, 4) is 0 Å². The summed E-state index contributed by atoms with van der Waals surface area (Å²) in [6.07, 6.45) is 4.47. The smallest absolute Gasteiger partial charge is 0.251 e. The zero-order valence-electron chi connectivity index (χ0n) is 12.5. The lowest BCUT2D eigenvalue weighted by Crippen LogP contribution is -2.51. The second-order valence-electron chi connectivity index (χ2n) is 5.64. The van der Waals surface area contributed by atoms with Crippen LogP contribution in [0, 0.1) is 5.21 Å². The van der Waals surface area contributed by atoms with Crippen LogP contribution in [0.15, 0.2) is 58.2 Å². The van der Waals surface area contributed by atoms with E-state index in [1.165, 1.54) is 18.0 Å². The molecule has 0 aliphatic heterocycles. The molecular weight excluding hydrogens is 376 g/mol. The van der Waals surface area contributed by atoms with Gasteiger partial charge in [0.15, 0.2) is 6.20 Å². The number of amides is 1. The van der Waals surface area contributed by atoms with Crippen molar-refractivity contribution in [2.75, 3.05) is 5.75 Å². The van der Waals surface area contributed by atoms with E-state index < -0.39 is 0 Å². The standard InChI is InChI=1S/C17H17BrN2O2S/c18-14-7-5-13(6-8-14)17(9-3-10-17)19-15(21)12-23-16-4-1-2-11-20(16)22/h1-2,4-8,11H,3,9-10,12H2,(H,19,21). The fourth-order valence-electron chi connectivity index (χ4n) is 2.75. The number of aromatic nitrogens is 1. The molecule has 0 unspecified atom stereocenters. The number of nitrogens with zero attached hydrogens (tertiary/aromatic N) is 1. The van der Waals surface area contributed by atoms with Gasteiger partial charge in [-0.2, -0.15) is 4.73 Å². The molecule has 0 atom stereocenters. The summed E-state index contributed by atoms with van der Waals surface area (Å²) in [6, 6.07) is 13.3. The van der Waals surface area contributed by atoms with E-state index in [4.69, 9.17) is 0 Å². The van der Waals surface area contributed by atoms with Gasteiger partial charge in [0.1, 0.15) is 0 Å². The summed E-state index contributed by atoms with van der Waals surface area (Å²) in [5.74, 6) is 0.200. The summed E-state index contributed by atoms with van der Waals surface area (Å²) in [5, 5.41) is 15.3. The Balaban J connectivity index is 1.64. The molecule has 3 rings (SSSR count). The highest BCUT2D eigenvalue weighted by molar-refractivity contribution is 9.10. The summed E-state index contributed by atoms with van der Waals surface area (Å²) >= 11 is 4.70. The Bertz CT molecular complexity index is 702. The predicted octanol–water partition coefficient (Wildman–Crippen LogP) is 3.37. The van der Waals surface area contributed by atoms with Crippen LogP contribution in [0.3, 0.4) is 0 Å². The minimum Gasteiger partial charge on any atom is -0.618 e. The van der Waals surface area contributed by atoms with Crippen LogP contribution in [0.1, 0.15) is 24.8 Å². The molecule has 1 aliphatic rings. The van der Waals surface area contributed by atoms with Gasteiger partial charge in [-0.05, 0) is 54.8 Å². The third-order valence-corrected chi connectivity index (χ3v) is 5.67. The van der Waals surface area contributed by atoms with Crippen molar-refractivity contribution < 1.29 is 9.52 Å². The second kappa shape index (κ2) is 6.93. The highest BCUT2D eigenvalue weighted by Gasteiger charge is 2.39. The van der Waals surface area contributed by atoms with Gasteiger partial charge in [0, 0.05) is 16.6 Å². The topological polar surface area (TPSA) is 56.0 Å². The van der Waals surface area contributed by atoms with E-state index in [2.05, 4.69) is 33.4 Å². The zero-order chi connectivity index (χ0) is 16.3. The molecular formula is C17H17BrN2O2S. The average Bonchev–Trinajstić information content (AvgIpc) is 2.51. The van der Waals surface area contributed by atoms with Crippen LogP contribution >= 0.6 is 27.7 Å². The second-order valence-corrected chi connectivity index (χ2v) is 7.56. The van der Waals surface area contributed by atoms with Crippen LogP contribution in [0.5, 0.6) is 0 Å². The highest BCUT2D eigenvalue weighted by atomic mass is 79.9. The Labute approximate surface area is 148 Å². The number of halogens is 1. The van der Waals surface area contributed by atoms with Crippen molar-refractivity contribution in [2.45, 2.75) is 29.8 Å². The molecule has 6 heteroatoms. The molecule has 0 spiro atoms. The maximum absolute atomic E-state index is 12.3. The minimum absolute atomic E-state index is 0.0403. The van der Waals surface area contributed by atoms with Crippen molar-refractivity contribution in [1.82, 2.24) is 5.32 Å². The first kappa shape index (κ1) is 16.3. The number of rotatable bonds is 5. The molecule has 1 aromatic carbocycles. The van der Waals surface area contributed by atoms with E-state index in [0.29, 0.717) is 5.03 Å². The first-order valence-corrected chi connectivity index (χ1v) is 9.25. The number of pyridine rings is 1.